The molecule has 2 aromatic carbocycles. The molecule has 0 bridgehead atoms. The summed E-state index contributed by atoms with van der Waals surface area (Å²) in [4.78, 5) is 14.9. The Bertz CT molecular complexity index is 1010. The van der Waals surface area contributed by atoms with Crippen LogP contribution >= 0.6 is 0 Å². The van der Waals surface area contributed by atoms with Crippen LogP contribution < -0.4 is 14.8 Å². The lowest BCUT2D eigenvalue weighted by atomic mass is 9.93. The third kappa shape index (κ3) is 5.62. The van der Waals surface area contributed by atoms with E-state index in [0.717, 1.165) is 66.3 Å². The van der Waals surface area contributed by atoms with Crippen molar-refractivity contribution >= 4 is 16.9 Å². The number of methoxy groups -OCH3 is 2. The second kappa shape index (κ2) is 10.6. The summed E-state index contributed by atoms with van der Waals surface area (Å²) in [5.41, 5.74) is 1.89. The number of likely N-dealkylation sites (tertiary alicyclic amines) is 1. The first kappa shape index (κ1) is 22.2. The molecule has 1 fully saturated rings. The highest BCUT2D eigenvalue weighted by atomic mass is 16.5. The van der Waals surface area contributed by atoms with E-state index in [2.05, 4.69) is 22.3 Å². The van der Waals surface area contributed by atoms with Crippen LogP contribution in [0.4, 0.5) is 0 Å². The molecule has 0 aliphatic carbocycles. The van der Waals surface area contributed by atoms with Gasteiger partial charge in [-0.3, -0.25) is 9.69 Å². The molecule has 0 radical (unpaired) electrons. The van der Waals surface area contributed by atoms with Crippen LogP contribution in [-0.2, 0) is 17.9 Å². The Morgan fingerprint density at radius 1 is 1.16 bits per heavy atom. The van der Waals surface area contributed by atoms with Gasteiger partial charge in [0.25, 0.3) is 0 Å². The van der Waals surface area contributed by atoms with E-state index in [1.165, 1.54) is 6.42 Å². The highest BCUT2D eigenvalue weighted by Crippen LogP contribution is 2.26. The van der Waals surface area contributed by atoms with Gasteiger partial charge in [-0.15, -0.1) is 0 Å². The maximum Gasteiger partial charge on any atom is 0.220 e. The van der Waals surface area contributed by atoms with Gasteiger partial charge in [-0.05, 0) is 56.0 Å². The molecule has 1 N–H and O–H groups in total. The lowest BCUT2D eigenvalue weighted by molar-refractivity contribution is -0.121. The Labute approximate surface area is 189 Å². The Kier molecular flexibility index (Phi) is 7.32. The van der Waals surface area contributed by atoms with E-state index in [4.69, 9.17) is 13.9 Å². The van der Waals surface area contributed by atoms with Gasteiger partial charge in [0.2, 0.25) is 5.91 Å². The SMILES string of the molecule is COc1ccc(CNC(=O)CCC2CCCN(Cc3cc4ccccc4o3)C2)c(OC)c1. The number of piperidine rings is 1. The molecular weight excluding hydrogens is 404 g/mol. The van der Waals surface area contributed by atoms with Gasteiger partial charge >= 0.3 is 0 Å². The number of amides is 1. The second-order valence-corrected chi connectivity index (χ2v) is 8.49. The summed E-state index contributed by atoms with van der Waals surface area (Å²) in [7, 11) is 3.25. The van der Waals surface area contributed by atoms with E-state index < -0.39 is 0 Å². The topological polar surface area (TPSA) is 63.9 Å². The number of hydrogen-bond acceptors (Lipinski definition) is 5. The number of para-hydroxylation sites is 1. The Hall–Kier alpha value is -2.99. The van der Waals surface area contributed by atoms with E-state index in [-0.39, 0.29) is 5.91 Å². The van der Waals surface area contributed by atoms with Crippen molar-refractivity contribution in [3.8, 4) is 11.5 Å². The number of carbonyl (C=O) groups is 1. The molecule has 4 rings (SSSR count). The molecule has 6 nitrogen and oxygen atoms in total. The van der Waals surface area contributed by atoms with Crippen molar-refractivity contribution in [2.45, 2.75) is 38.8 Å². The predicted octanol–water partition coefficient (Wildman–Crippen LogP) is 4.76. The minimum atomic E-state index is 0.0808. The average molecular weight is 437 g/mol. The van der Waals surface area contributed by atoms with Gasteiger partial charge in [-0.1, -0.05) is 18.2 Å². The smallest absolute Gasteiger partial charge is 0.220 e. The van der Waals surface area contributed by atoms with Crippen molar-refractivity contribution in [3.05, 3.63) is 59.9 Å². The molecule has 3 aromatic rings. The monoisotopic (exact) mass is 436 g/mol. The van der Waals surface area contributed by atoms with Gasteiger partial charge in [0.05, 0.1) is 20.8 Å². The molecule has 1 aromatic heterocycles. The fourth-order valence-electron chi connectivity index (χ4n) is 4.48. The maximum absolute atomic E-state index is 12.4. The predicted molar refractivity (Wildman–Crippen MR) is 125 cm³/mol. The molecule has 1 saturated heterocycles. The fraction of sp³-hybridized carbons (Fsp3) is 0.423. The zero-order valence-electron chi connectivity index (χ0n) is 18.9. The molecule has 1 atom stereocenters. The van der Waals surface area contributed by atoms with Crippen molar-refractivity contribution in [3.63, 3.8) is 0 Å². The van der Waals surface area contributed by atoms with Crippen molar-refractivity contribution in [1.29, 1.82) is 0 Å². The normalized spacial score (nSPS) is 16.8. The van der Waals surface area contributed by atoms with E-state index in [1.54, 1.807) is 14.2 Å². The number of ether oxygens (including phenoxy) is 2. The summed E-state index contributed by atoms with van der Waals surface area (Å²) in [6, 6.07) is 15.9. The number of benzene rings is 2. The van der Waals surface area contributed by atoms with Crippen LogP contribution in [0.25, 0.3) is 11.0 Å². The molecule has 1 amide bonds. The molecule has 0 saturated carbocycles. The minimum Gasteiger partial charge on any atom is -0.497 e. The van der Waals surface area contributed by atoms with Crippen molar-refractivity contribution in [2.24, 2.45) is 5.92 Å². The quantitative estimate of drug-likeness (QED) is 0.524. The van der Waals surface area contributed by atoms with Gasteiger partial charge in [0, 0.05) is 36.5 Å². The van der Waals surface area contributed by atoms with Gasteiger partial charge < -0.3 is 19.2 Å². The van der Waals surface area contributed by atoms with Gasteiger partial charge in [-0.25, -0.2) is 0 Å². The molecule has 1 aliphatic rings. The highest BCUT2D eigenvalue weighted by molar-refractivity contribution is 5.77. The van der Waals surface area contributed by atoms with Crippen LogP contribution in [0.3, 0.4) is 0 Å². The van der Waals surface area contributed by atoms with Crippen LogP contribution in [-0.4, -0.2) is 38.1 Å². The van der Waals surface area contributed by atoms with Gasteiger partial charge in [0.15, 0.2) is 0 Å². The summed E-state index contributed by atoms with van der Waals surface area (Å²) >= 11 is 0. The molecule has 2 heterocycles. The summed E-state index contributed by atoms with van der Waals surface area (Å²) in [6.45, 7) is 3.37. The first-order chi connectivity index (χ1) is 15.6. The molecule has 0 spiro atoms. The highest BCUT2D eigenvalue weighted by Gasteiger charge is 2.21. The van der Waals surface area contributed by atoms with Gasteiger partial charge in [-0.2, -0.15) is 0 Å². The molecule has 32 heavy (non-hydrogen) atoms. The fourth-order valence-corrected chi connectivity index (χ4v) is 4.48. The van der Waals surface area contributed by atoms with Gasteiger partial charge in [0.1, 0.15) is 22.8 Å². The lowest BCUT2D eigenvalue weighted by Gasteiger charge is -2.32. The molecule has 1 aliphatic heterocycles. The molecule has 6 heteroatoms. The van der Waals surface area contributed by atoms with Crippen LogP contribution in [0.15, 0.2) is 52.9 Å². The van der Waals surface area contributed by atoms with E-state index in [0.29, 0.717) is 18.9 Å². The van der Waals surface area contributed by atoms with Crippen LogP contribution in [0.5, 0.6) is 11.5 Å². The number of rotatable bonds is 9. The first-order valence-electron chi connectivity index (χ1n) is 11.3. The Morgan fingerprint density at radius 3 is 2.84 bits per heavy atom. The first-order valence-corrected chi connectivity index (χ1v) is 11.3. The zero-order chi connectivity index (χ0) is 22.3. The molecule has 170 valence electrons. The van der Waals surface area contributed by atoms with Crippen LogP contribution in [0.2, 0.25) is 0 Å². The number of hydrogen-bond donors (Lipinski definition) is 1. The number of furan rings is 1. The third-order valence-electron chi connectivity index (χ3n) is 6.21. The molecular formula is C26H32N2O4. The lowest BCUT2D eigenvalue weighted by Crippen LogP contribution is -2.35. The van der Waals surface area contributed by atoms with Crippen LogP contribution in [0.1, 0.15) is 37.0 Å². The summed E-state index contributed by atoms with van der Waals surface area (Å²) in [5, 5.41) is 4.18. The van der Waals surface area contributed by atoms with Crippen molar-refractivity contribution in [2.75, 3.05) is 27.3 Å². The second-order valence-electron chi connectivity index (χ2n) is 8.49. The third-order valence-corrected chi connectivity index (χ3v) is 6.21. The minimum absolute atomic E-state index is 0.0808. The Morgan fingerprint density at radius 2 is 2.03 bits per heavy atom. The van der Waals surface area contributed by atoms with Crippen molar-refractivity contribution in [1.82, 2.24) is 10.2 Å². The number of nitrogens with zero attached hydrogens (tertiary/aromatic N) is 1. The molecule has 1 unspecified atom stereocenters. The summed E-state index contributed by atoms with van der Waals surface area (Å²) in [6.07, 6.45) is 3.79. The average Bonchev–Trinajstić information content (AvgIpc) is 3.23. The zero-order valence-corrected chi connectivity index (χ0v) is 18.9. The number of carbonyl (C=O) groups excluding carboxylic acids is 1. The number of fused-ring (bicyclic) bond motifs is 1. The maximum atomic E-state index is 12.4. The largest absolute Gasteiger partial charge is 0.497 e. The Balaban J connectivity index is 1.23. The van der Waals surface area contributed by atoms with E-state index in [1.807, 2.05) is 36.4 Å². The number of nitrogens with one attached hydrogen (secondary N) is 1. The van der Waals surface area contributed by atoms with Crippen LogP contribution in [0, 0.1) is 5.92 Å². The standard InChI is InChI=1S/C26H32N2O4/c1-30-22-11-10-21(25(15-22)31-2)16-27-26(29)12-9-19-6-5-13-28(17-19)18-23-14-20-7-3-4-8-24(20)32-23/h3-4,7-8,10-11,14-15,19H,5-6,9,12-13,16-18H2,1-2H3,(H,27,29). The summed E-state index contributed by atoms with van der Waals surface area (Å²) < 4.78 is 16.6. The van der Waals surface area contributed by atoms with Crippen molar-refractivity contribution < 1.29 is 18.7 Å². The van der Waals surface area contributed by atoms with E-state index >= 15 is 0 Å². The van der Waals surface area contributed by atoms with E-state index in [9.17, 15) is 4.79 Å². The summed E-state index contributed by atoms with van der Waals surface area (Å²) in [5.74, 6) is 3.09.